The van der Waals surface area contributed by atoms with Crippen LogP contribution in [0.3, 0.4) is 0 Å². The molecule has 8 heteroatoms. The van der Waals surface area contributed by atoms with E-state index in [9.17, 15) is 9.18 Å². The van der Waals surface area contributed by atoms with E-state index in [-0.39, 0.29) is 30.5 Å². The lowest BCUT2D eigenvalue weighted by atomic mass is 10.1. The Morgan fingerprint density at radius 2 is 2.04 bits per heavy atom. The van der Waals surface area contributed by atoms with Crippen LogP contribution < -0.4 is 10.6 Å². The van der Waals surface area contributed by atoms with Crippen molar-refractivity contribution >= 4 is 17.6 Å². The molecule has 2 heterocycles. The van der Waals surface area contributed by atoms with E-state index in [4.69, 9.17) is 9.47 Å². The molecule has 0 saturated carbocycles. The first kappa shape index (κ1) is 19.6. The van der Waals surface area contributed by atoms with Crippen LogP contribution in [0.1, 0.15) is 19.8 Å². The molecule has 0 aliphatic carbocycles. The van der Waals surface area contributed by atoms with Gasteiger partial charge >= 0.3 is 0 Å². The molecule has 0 spiro atoms. The number of nitrogens with one attached hydrogen (secondary N) is 2. The fourth-order valence-electron chi connectivity index (χ4n) is 3.29. The van der Waals surface area contributed by atoms with Gasteiger partial charge < -0.3 is 25.0 Å². The van der Waals surface area contributed by atoms with E-state index in [1.54, 1.807) is 0 Å². The SMILES string of the molecule is CCNC(=NCC(=O)Nc1ccc(F)cc1)N1CCOC(C2CCCO2)C1. The summed E-state index contributed by atoms with van der Waals surface area (Å²) in [5.74, 6) is 0.104. The molecule has 0 radical (unpaired) electrons. The van der Waals surface area contributed by atoms with Gasteiger partial charge in [0, 0.05) is 31.9 Å². The van der Waals surface area contributed by atoms with Crippen molar-refractivity contribution in [3.8, 4) is 0 Å². The molecule has 148 valence electrons. The van der Waals surface area contributed by atoms with Crippen LogP contribution in [-0.4, -0.2) is 68.4 Å². The summed E-state index contributed by atoms with van der Waals surface area (Å²) < 4.78 is 24.6. The average molecular weight is 378 g/mol. The fourth-order valence-corrected chi connectivity index (χ4v) is 3.29. The van der Waals surface area contributed by atoms with Crippen molar-refractivity contribution < 1.29 is 18.7 Å². The molecule has 1 aromatic rings. The van der Waals surface area contributed by atoms with E-state index in [0.29, 0.717) is 37.9 Å². The number of hydrogen-bond acceptors (Lipinski definition) is 4. The third kappa shape index (κ3) is 5.64. The van der Waals surface area contributed by atoms with Crippen LogP contribution in [0.4, 0.5) is 10.1 Å². The standard InChI is InChI=1S/C19H27FN4O3/c1-2-21-19(22-12-18(25)23-15-7-5-14(20)6-8-15)24-9-11-27-17(13-24)16-4-3-10-26-16/h5-8,16-17H,2-4,9-13H2,1H3,(H,21,22)(H,23,25). The Hall–Kier alpha value is -2.19. The lowest BCUT2D eigenvalue weighted by Gasteiger charge is -2.37. The van der Waals surface area contributed by atoms with Gasteiger partial charge in [-0.2, -0.15) is 0 Å². The number of carbonyl (C=O) groups is 1. The Morgan fingerprint density at radius 3 is 2.74 bits per heavy atom. The zero-order chi connectivity index (χ0) is 19.1. The topological polar surface area (TPSA) is 75.2 Å². The summed E-state index contributed by atoms with van der Waals surface area (Å²) in [4.78, 5) is 18.7. The second-order valence-corrected chi connectivity index (χ2v) is 6.63. The molecule has 2 unspecified atom stereocenters. The van der Waals surface area contributed by atoms with Crippen LogP contribution >= 0.6 is 0 Å². The fraction of sp³-hybridized carbons (Fsp3) is 0.579. The monoisotopic (exact) mass is 378 g/mol. The number of guanidine groups is 1. The molecule has 1 amide bonds. The largest absolute Gasteiger partial charge is 0.375 e. The zero-order valence-electron chi connectivity index (χ0n) is 15.6. The number of carbonyl (C=O) groups excluding carboxylic acids is 1. The second-order valence-electron chi connectivity index (χ2n) is 6.63. The number of amides is 1. The minimum atomic E-state index is -0.339. The van der Waals surface area contributed by atoms with Crippen LogP contribution in [0.5, 0.6) is 0 Å². The van der Waals surface area contributed by atoms with Crippen molar-refractivity contribution in [2.24, 2.45) is 4.99 Å². The van der Waals surface area contributed by atoms with Crippen molar-refractivity contribution in [1.82, 2.24) is 10.2 Å². The molecule has 2 fully saturated rings. The highest BCUT2D eigenvalue weighted by atomic mass is 19.1. The molecule has 2 N–H and O–H groups in total. The highest BCUT2D eigenvalue weighted by Crippen LogP contribution is 2.21. The maximum Gasteiger partial charge on any atom is 0.246 e. The second kappa shape index (κ2) is 9.66. The first-order valence-corrected chi connectivity index (χ1v) is 9.47. The van der Waals surface area contributed by atoms with Crippen LogP contribution in [-0.2, 0) is 14.3 Å². The maximum absolute atomic E-state index is 12.9. The Kier molecular flexibility index (Phi) is 7.00. The van der Waals surface area contributed by atoms with Crippen LogP contribution in [0.2, 0.25) is 0 Å². The van der Waals surface area contributed by atoms with E-state index in [2.05, 4.69) is 20.5 Å². The molecule has 2 aliphatic rings. The summed E-state index contributed by atoms with van der Waals surface area (Å²) in [5, 5.41) is 5.96. The zero-order valence-corrected chi connectivity index (χ0v) is 15.6. The van der Waals surface area contributed by atoms with E-state index < -0.39 is 0 Å². The predicted molar refractivity (Wildman–Crippen MR) is 101 cm³/mol. The van der Waals surface area contributed by atoms with Crippen LogP contribution in [0, 0.1) is 5.82 Å². The Labute approximate surface area is 158 Å². The van der Waals surface area contributed by atoms with E-state index in [0.717, 1.165) is 19.4 Å². The number of anilines is 1. The molecule has 3 rings (SSSR count). The van der Waals surface area contributed by atoms with Gasteiger partial charge in [-0.25, -0.2) is 9.38 Å². The number of ether oxygens (including phenoxy) is 2. The van der Waals surface area contributed by atoms with Crippen LogP contribution in [0.25, 0.3) is 0 Å². The molecular formula is C19H27FN4O3. The quantitative estimate of drug-likeness (QED) is 0.601. The van der Waals surface area contributed by atoms with Crippen molar-refractivity contribution in [2.75, 3.05) is 44.7 Å². The summed E-state index contributed by atoms with van der Waals surface area (Å²) in [7, 11) is 0. The predicted octanol–water partition coefficient (Wildman–Crippen LogP) is 1.61. The van der Waals surface area contributed by atoms with Gasteiger partial charge in [0.15, 0.2) is 5.96 Å². The van der Waals surface area contributed by atoms with E-state index in [1.165, 1.54) is 24.3 Å². The van der Waals surface area contributed by atoms with E-state index >= 15 is 0 Å². The van der Waals surface area contributed by atoms with Crippen molar-refractivity contribution in [3.63, 3.8) is 0 Å². The number of nitrogens with zero attached hydrogens (tertiary/aromatic N) is 2. The van der Waals surface area contributed by atoms with Crippen molar-refractivity contribution in [2.45, 2.75) is 32.0 Å². The molecular weight excluding hydrogens is 351 g/mol. The number of morpholine rings is 1. The lowest BCUT2D eigenvalue weighted by Crippen LogP contribution is -2.53. The molecule has 7 nitrogen and oxygen atoms in total. The maximum atomic E-state index is 12.9. The summed E-state index contributed by atoms with van der Waals surface area (Å²) in [6.07, 6.45) is 2.25. The van der Waals surface area contributed by atoms with Crippen LogP contribution in [0.15, 0.2) is 29.3 Å². The van der Waals surface area contributed by atoms with Gasteiger partial charge in [0.2, 0.25) is 5.91 Å². The number of benzene rings is 1. The molecule has 0 bridgehead atoms. The number of rotatable bonds is 5. The minimum absolute atomic E-state index is 0.0122. The number of aliphatic imine (C=N–C) groups is 1. The van der Waals surface area contributed by atoms with Gasteiger partial charge in [0.05, 0.1) is 12.7 Å². The molecule has 1 aromatic carbocycles. The molecule has 2 aliphatic heterocycles. The van der Waals surface area contributed by atoms with E-state index in [1.807, 2.05) is 6.92 Å². The normalized spacial score (nSPS) is 23.3. The van der Waals surface area contributed by atoms with Crippen molar-refractivity contribution in [3.05, 3.63) is 30.1 Å². The summed E-state index contributed by atoms with van der Waals surface area (Å²) >= 11 is 0. The Morgan fingerprint density at radius 1 is 1.26 bits per heavy atom. The van der Waals surface area contributed by atoms with Gasteiger partial charge in [-0.3, -0.25) is 4.79 Å². The summed E-state index contributed by atoms with van der Waals surface area (Å²) in [5.41, 5.74) is 0.548. The van der Waals surface area contributed by atoms with Gasteiger partial charge in [-0.15, -0.1) is 0 Å². The molecule has 27 heavy (non-hydrogen) atoms. The third-order valence-corrected chi connectivity index (χ3v) is 4.61. The molecule has 2 saturated heterocycles. The highest BCUT2D eigenvalue weighted by Gasteiger charge is 2.32. The minimum Gasteiger partial charge on any atom is -0.375 e. The first-order chi connectivity index (χ1) is 13.2. The van der Waals surface area contributed by atoms with Gasteiger partial charge in [-0.1, -0.05) is 0 Å². The number of halogens is 1. The Balaban J connectivity index is 1.57. The highest BCUT2D eigenvalue weighted by molar-refractivity contribution is 5.94. The van der Waals surface area contributed by atoms with Gasteiger partial charge in [-0.05, 0) is 44.0 Å². The smallest absolute Gasteiger partial charge is 0.246 e. The summed E-state index contributed by atoms with van der Waals surface area (Å²) in [6.45, 7) is 5.50. The third-order valence-electron chi connectivity index (χ3n) is 4.61. The molecule has 0 aromatic heterocycles. The Bertz CT molecular complexity index is 647. The lowest BCUT2D eigenvalue weighted by molar-refractivity contribution is -0.114. The van der Waals surface area contributed by atoms with Crippen molar-refractivity contribution in [1.29, 1.82) is 0 Å². The van der Waals surface area contributed by atoms with Gasteiger partial charge in [0.1, 0.15) is 18.5 Å². The number of hydrogen-bond donors (Lipinski definition) is 2. The molecule has 2 atom stereocenters. The average Bonchev–Trinajstić information content (AvgIpc) is 3.22. The van der Waals surface area contributed by atoms with Gasteiger partial charge in [0.25, 0.3) is 0 Å². The first-order valence-electron chi connectivity index (χ1n) is 9.47. The summed E-state index contributed by atoms with van der Waals surface area (Å²) in [6, 6.07) is 5.66.